The van der Waals surface area contributed by atoms with Gasteiger partial charge in [0.15, 0.2) is 4.87 Å². The largest absolute Gasteiger partial charge is 0.360 e. The number of halogens is 1. The van der Waals surface area contributed by atoms with Gasteiger partial charge in [0, 0.05) is 18.2 Å². The summed E-state index contributed by atoms with van der Waals surface area (Å²) in [5, 5.41) is 16.2. The van der Waals surface area contributed by atoms with Crippen molar-refractivity contribution in [1.82, 2.24) is 5.32 Å². The van der Waals surface area contributed by atoms with E-state index < -0.39 is 16.7 Å². The minimum absolute atomic E-state index is 0.212. The van der Waals surface area contributed by atoms with E-state index in [0.29, 0.717) is 23.2 Å². The fraction of sp³-hybridized carbons (Fsp3) is 0.350. The molecule has 0 bridgehead atoms. The van der Waals surface area contributed by atoms with Crippen LogP contribution in [-0.4, -0.2) is 38.8 Å². The summed E-state index contributed by atoms with van der Waals surface area (Å²) in [6, 6.07) is 6.17. The van der Waals surface area contributed by atoms with Crippen LogP contribution in [0.1, 0.15) is 32.8 Å². The highest BCUT2D eigenvalue weighted by molar-refractivity contribution is 7.80. The van der Waals surface area contributed by atoms with E-state index >= 15 is 0 Å². The Morgan fingerprint density at radius 1 is 1.38 bits per heavy atom. The maximum absolute atomic E-state index is 11.5. The molecule has 0 fully saturated rings. The number of primary amides is 1. The molecule has 7 nitrogen and oxygen atoms in total. The normalized spacial score (nSPS) is 24.4. The Balaban J connectivity index is 2.58. The SMILES string of the molecule is CCC(C)OC1(O)C=CC(c2ccccc2NC(C)=O)=CC1(Cl)C(=S)NC(N)=O. The Bertz CT molecular complexity index is 888. The number of hydrogen-bond acceptors (Lipinski definition) is 5. The first-order valence-corrected chi connectivity index (χ1v) is 9.80. The van der Waals surface area contributed by atoms with Crippen LogP contribution in [-0.2, 0) is 9.53 Å². The molecule has 29 heavy (non-hydrogen) atoms. The van der Waals surface area contributed by atoms with Gasteiger partial charge in [0.1, 0.15) is 4.99 Å². The molecule has 0 radical (unpaired) electrons. The van der Waals surface area contributed by atoms with Crippen LogP contribution in [0.15, 0.2) is 42.5 Å². The van der Waals surface area contributed by atoms with E-state index in [1.807, 2.05) is 6.92 Å². The van der Waals surface area contributed by atoms with Crippen molar-refractivity contribution in [3.63, 3.8) is 0 Å². The van der Waals surface area contributed by atoms with Gasteiger partial charge in [0.05, 0.1) is 6.10 Å². The molecule has 9 heteroatoms. The van der Waals surface area contributed by atoms with Crippen LogP contribution in [0, 0.1) is 0 Å². The molecule has 2 rings (SSSR count). The summed E-state index contributed by atoms with van der Waals surface area (Å²) in [6.45, 7) is 5.07. The van der Waals surface area contributed by atoms with Crippen LogP contribution in [0.3, 0.4) is 0 Å². The monoisotopic (exact) mass is 437 g/mol. The van der Waals surface area contributed by atoms with E-state index in [2.05, 4.69) is 10.6 Å². The number of urea groups is 1. The third-order valence-electron chi connectivity index (χ3n) is 4.44. The Kier molecular flexibility index (Phi) is 7.18. The molecule has 1 aliphatic carbocycles. The predicted octanol–water partition coefficient (Wildman–Crippen LogP) is 3.08. The highest BCUT2D eigenvalue weighted by atomic mass is 35.5. The summed E-state index contributed by atoms with van der Waals surface area (Å²) >= 11 is 12.1. The molecular formula is C20H24ClN3O4S. The average Bonchev–Trinajstić information content (AvgIpc) is 2.63. The van der Waals surface area contributed by atoms with E-state index in [0.717, 1.165) is 0 Å². The molecule has 3 unspecified atom stereocenters. The van der Waals surface area contributed by atoms with Crippen molar-refractivity contribution in [2.45, 2.75) is 44.0 Å². The molecule has 1 aliphatic rings. The van der Waals surface area contributed by atoms with Crippen LogP contribution in [0.25, 0.3) is 5.57 Å². The molecule has 0 spiro atoms. The fourth-order valence-corrected chi connectivity index (χ4v) is 3.42. The second kappa shape index (κ2) is 9.04. The molecule has 3 atom stereocenters. The van der Waals surface area contributed by atoms with Crippen molar-refractivity contribution in [2.24, 2.45) is 5.73 Å². The Labute approximate surface area is 179 Å². The molecule has 0 saturated carbocycles. The molecule has 3 amide bonds. The van der Waals surface area contributed by atoms with E-state index in [9.17, 15) is 14.7 Å². The number of benzene rings is 1. The first-order valence-electron chi connectivity index (χ1n) is 9.01. The molecule has 0 aliphatic heterocycles. The number of hydrogen-bond donors (Lipinski definition) is 4. The smallest absolute Gasteiger partial charge is 0.317 e. The lowest BCUT2D eigenvalue weighted by Crippen LogP contribution is -2.61. The molecule has 0 heterocycles. The molecule has 0 saturated heterocycles. The fourth-order valence-electron chi connectivity index (χ4n) is 2.84. The topological polar surface area (TPSA) is 114 Å². The lowest BCUT2D eigenvalue weighted by Gasteiger charge is -2.42. The van der Waals surface area contributed by atoms with Crippen molar-refractivity contribution >= 4 is 52.0 Å². The molecule has 1 aromatic rings. The van der Waals surface area contributed by atoms with Crippen molar-refractivity contribution in [1.29, 1.82) is 0 Å². The van der Waals surface area contributed by atoms with E-state index in [-0.39, 0.29) is 17.0 Å². The Hall–Kier alpha value is -2.26. The molecular weight excluding hydrogens is 414 g/mol. The molecule has 5 N–H and O–H groups in total. The van der Waals surface area contributed by atoms with Crippen LogP contribution in [0.5, 0.6) is 0 Å². The van der Waals surface area contributed by atoms with Crippen LogP contribution in [0.2, 0.25) is 0 Å². The van der Waals surface area contributed by atoms with Gasteiger partial charge in [-0.3, -0.25) is 4.79 Å². The zero-order valence-electron chi connectivity index (χ0n) is 16.4. The van der Waals surface area contributed by atoms with Gasteiger partial charge in [-0.15, -0.1) is 11.6 Å². The lowest BCUT2D eigenvalue weighted by atomic mass is 9.85. The summed E-state index contributed by atoms with van der Waals surface area (Å²) in [4.78, 5) is 20.9. The van der Waals surface area contributed by atoms with Gasteiger partial charge >= 0.3 is 6.03 Å². The van der Waals surface area contributed by atoms with Crippen molar-refractivity contribution in [2.75, 3.05) is 5.32 Å². The molecule has 156 valence electrons. The van der Waals surface area contributed by atoms with Gasteiger partial charge in [0.25, 0.3) is 0 Å². The third kappa shape index (κ3) is 5.02. The summed E-state index contributed by atoms with van der Waals surface area (Å²) in [7, 11) is 0. The number of alkyl halides is 1. The number of aliphatic hydroxyl groups is 1. The first kappa shape index (κ1) is 23.0. The van der Waals surface area contributed by atoms with Gasteiger partial charge in [-0.05, 0) is 37.1 Å². The van der Waals surface area contributed by atoms with Gasteiger partial charge < -0.3 is 26.2 Å². The lowest BCUT2D eigenvalue weighted by molar-refractivity contribution is -0.197. The minimum atomic E-state index is -2.03. The van der Waals surface area contributed by atoms with Gasteiger partial charge in [-0.2, -0.15) is 0 Å². The number of nitrogens with one attached hydrogen (secondary N) is 2. The average molecular weight is 438 g/mol. The Morgan fingerprint density at radius 3 is 2.62 bits per heavy atom. The third-order valence-corrected chi connectivity index (χ3v) is 5.54. The number of anilines is 1. The number of thiocarbonyl (C=S) groups is 1. The number of rotatable bonds is 6. The van der Waals surface area contributed by atoms with Gasteiger partial charge in [0.2, 0.25) is 11.7 Å². The number of amides is 3. The zero-order valence-corrected chi connectivity index (χ0v) is 17.9. The number of ether oxygens (including phenoxy) is 1. The number of para-hydroxylation sites is 1. The van der Waals surface area contributed by atoms with E-state index in [1.54, 1.807) is 37.3 Å². The highest BCUT2D eigenvalue weighted by Crippen LogP contribution is 2.43. The van der Waals surface area contributed by atoms with E-state index in [4.69, 9.17) is 34.3 Å². The van der Waals surface area contributed by atoms with Gasteiger partial charge in [-0.25, -0.2) is 4.79 Å². The molecule has 0 aromatic heterocycles. The predicted molar refractivity (Wildman–Crippen MR) is 118 cm³/mol. The molecule has 1 aromatic carbocycles. The van der Waals surface area contributed by atoms with Crippen LogP contribution < -0.4 is 16.4 Å². The van der Waals surface area contributed by atoms with Crippen molar-refractivity contribution in [3.05, 3.63) is 48.1 Å². The number of carbonyl (C=O) groups is 2. The second-order valence-corrected chi connectivity index (χ2v) is 7.73. The van der Waals surface area contributed by atoms with Gasteiger partial charge in [-0.1, -0.05) is 43.4 Å². The summed E-state index contributed by atoms with van der Waals surface area (Å²) in [5.41, 5.74) is 6.96. The first-order chi connectivity index (χ1) is 13.5. The van der Waals surface area contributed by atoms with Crippen LogP contribution >= 0.6 is 23.8 Å². The second-order valence-electron chi connectivity index (χ2n) is 6.72. The summed E-state index contributed by atoms with van der Waals surface area (Å²) < 4.78 is 5.77. The maximum atomic E-state index is 11.5. The van der Waals surface area contributed by atoms with Crippen LogP contribution in [0.4, 0.5) is 10.5 Å². The summed E-state index contributed by atoms with van der Waals surface area (Å²) in [5.74, 6) is -2.27. The number of allylic oxidation sites excluding steroid dienone is 2. The maximum Gasteiger partial charge on any atom is 0.317 e. The standard InChI is InChI=1S/C20H24ClN3O4S/c1-4-12(2)28-20(27)10-9-14(11-19(20,21)17(29)24-18(22)26)15-7-5-6-8-16(15)23-13(3)25/h5-12,27H,4H2,1-3H3,(H,23,25)(H3,22,24,26,29). The summed E-state index contributed by atoms with van der Waals surface area (Å²) in [6.07, 6.45) is 4.75. The van der Waals surface area contributed by atoms with Crippen molar-refractivity contribution in [3.8, 4) is 0 Å². The quantitative estimate of drug-likeness (QED) is 0.310. The van der Waals surface area contributed by atoms with Crippen molar-refractivity contribution < 1.29 is 19.4 Å². The Morgan fingerprint density at radius 2 is 2.03 bits per heavy atom. The minimum Gasteiger partial charge on any atom is -0.360 e. The van der Waals surface area contributed by atoms with E-state index in [1.165, 1.54) is 19.1 Å². The number of carbonyl (C=O) groups excluding carboxylic acids is 2. The number of nitrogens with two attached hydrogens (primary N) is 1. The zero-order chi connectivity index (χ0) is 21.8. The highest BCUT2D eigenvalue weighted by Gasteiger charge is 2.54.